The summed E-state index contributed by atoms with van der Waals surface area (Å²) in [5.41, 5.74) is 2.41. The molecule has 2 heterocycles. The molecule has 2 rings (SSSR count). The van der Waals surface area contributed by atoms with Gasteiger partial charge in [0.2, 0.25) is 0 Å². The average molecular weight is 264 g/mol. The molecular weight excluding hydrogens is 244 g/mol. The van der Waals surface area contributed by atoms with Gasteiger partial charge in [0.25, 0.3) is 0 Å². The Kier molecular flexibility index (Phi) is 4.49. The van der Waals surface area contributed by atoms with Gasteiger partial charge in [0, 0.05) is 30.4 Å². The van der Waals surface area contributed by atoms with Crippen LogP contribution in [0.15, 0.2) is 17.8 Å². The van der Waals surface area contributed by atoms with Crippen LogP contribution >= 0.6 is 11.3 Å². The molecule has 4 nitrogen and oxygen atoms in total. The molecule has 0 bridgehead atoms. The molecule has 0 aliphatic carbocycles. The van der Waals surface area contributed by atoms with Gasteiger partial charge in [-0.05, 0) is 19.4 Å². The number of hydrogen-bond donors (Lipinski definition) is 1. The van der Waals surface area contributed by atoms with Crippen LogP contribution in [0.4, 0.5) is 0 Å². The molecule has 0 aliphatic rings. The third-order valence-corrected chi connectivity index (χ3v) is 3.72. The number of nitrogens with zero attached hydrogens (tertiary/aromatic N) is 3. The lowest BCUT2D eigenvalue weighted by Gasteiger charge is -2.15. The highest BCUT2D eigenvalue weighted by molar-refractivity contribution is 7.09. The van der Waals surface area contributed by atoms with Crippen molar-refractivity contribution in [3.05, 3.63) is 34.0 Å². The number of thiazole rings is 1. The van der Waals surface area contributed by atoms with Gasteiger partial charge < -0.3 is 5.32 Å². The van der Waals surface area contributed by atoms with Gasteiger partial charge in [-0.15, -0.1) is 11.3 Å². The van der Waals surface area contributed by atoms with Crippen LogP contribution in [-0.4, -0.2) is 21.3 Å². The summed E-state index contributed by atoms with van der Waals surface area (Å²) in [6, 6.07) is 0.175. The summed E-state index contributed by atoms with van der Waals surface area (Å²) in [4.78, 5) is 4.45. The molecule has 0 saturated carbocycles. The van der Waals surface area contributed by atoms with Crippen molar-refractivity contribution in [1.29, 1.82) is 0 Å². The van der Waals surface area contributed by atoms with Gasteiger partial charge in [-0.1, -0.05) is 13.8 Å². The first-order valence-corrected chi connectivity index (χ1v) is 7.29. The van der Waals surface area contributed by atoms with Crippen molar-refractivity contribution in [3.8, 4) is 0 Å². The molecule has 5 heteroatoms. The maximum absolute atomic E-state index is 4.52. The van der Waals surface area contributed by atoms with Crippen molar-refractivity contribution >= 4 is 11.3 Å². The highest BCUT2D eigenvalue weighted by atomic mass is 32.1. The summed E-state index contributed by atoms with van der Waals surface area (Å²) in [6.45, 7) is 5.31. The Hall–Kier alpha value is -1.20. The van der Waals surface area contributed by atoms with E-state index in [2.05, 4.69) is 35.4 Å². The normalized spacial score (nSPS) is 12.8. The zero-order valence-electron chi connectivity index (χ0n) is 11.2. The van der Waals surface area contributed by atoms with Gasteiger partial charge in [0.05, 0.1) is 11.7 Å². The number of aryl methyl sites for hydroxylation is 2. The highest BCUT2D eigenvalue weighted by Gasteiger charge is 2.20. The standard InChI is InChI=1S/C13H20N4S/c1-4-6-14-12(13-15-7-8-18-13)10-9-17(3)16-11(10)5-2/h7-9,12,14H,4-6H2,1-3H3. The molecule has 0 aliphatic heterocycles. The van der Waals surface area contributed by atoms with Gasteiger partial charge in [-0.25, -0.2) is 4.98 Å². The second-order valence-corrected chi connectivity index (χ2v) is 5.24. The Morgan fingerprint density at radius 2 is 2.28 bits per heavy atom. The van der Waals surface area contributed by atoms with Crippen molar-refractivity contribution in [2.24, 2.45) is 7.05 Å². The fraction of sp³-hybridized carbons (Fsp3) is 0.538. The van der Waals surface area contributed by atoms with Crippen molar-refractivity contribution in [3.63, 3.8) is 0 Å². The van der Waals surface area contributed by atoms with Crippen LogP contribution in [0, 0.1) is 0 Å². The van der Waals surface area contributed by atoms with Crippen LogP contribution in [0.5, 0.6) is 0 Å². The van der Waals surface area contributed by atoms with Crippen LogP contribution < -0.4 is 5.32 Å². The topological polar surface area (TPSA) is 42.7 Å². The molecule has 1 unspecified atom stereocenters. The van der Waals surface area contributed by atoms with Crippen LogP contribution in [0.1, 0.15) is 42.6 Å². The lowest BCUT2D eigenvalue weighted by atomic mass is 10.1. The van der Waals surface area contributed by atoms with Crippen molar-refractivity contribution in [2.45, 2.75) is 32.7 Å². The molecule has 0 radical (unpaired) electrons. The van der Waals surface area contributed by atoms with E-state index in [1.807, 2.05) is 23.3 Å². The second kappa shape index (κ2) is 6.11. The van der Waals surface area contributed by atoms with Crippen LogP contribution in [0.2, 0.25) is 0 Å². The first-order chi connectivity index (χ1) is 8.76. The third kappa shape index (κ3) is 2.79. The monoisotopic (exact) mass is 264 g/mol. The van der Waals surface area contributed by atoms with Gasteiger partial charge in [0.15, 0.2) is 0 Å². The van der Waals surface area contributed by atoms with E-state index in [4.69, 9.17) is 0 Å². The molecule has 98 valence electrons. The lowest BCUT2D eigenvalue weighted by molar-refractivity contribution is 0.592. The Bertz CT molecular complexity index is 475. The molecule has 2 aromatic heterocycles. The minimum atomic E-state index is 0.175. The first-order valence-electron chi connectivity index (χ1n) is 6.41. The Morgan fingerprint density at radius 1 is 1.44 bits per heavy atom. The number of hydrogen-bond acceptors (Lipinski definition) is 4. The Morgan fingerprint density at radius 3 is 2.89 bits per heavy atom. The first kappa shape index (κ1) is 13.2. The van der Waals surface area contributed by atoms with Crippen molar-refractivity contribution in [2.75, 3.05) is 6.54 Å². The minimum absolute atomic E-state index is 0.175. The average Bonchev–Trinajstić information content (AvgIpc) is 2.99. The fourth-order valence-electron chi connectivity index (χ4n) is 2.06. The summed E-state index contributed by atoms with van der Waals surface area (Å²) >= 11 is 1.69. The molecule has 1 N–H and O–H groups in total. The van der Waals surface area contributed by atoms with E-state index in [1.54, 1.807) is 11.3 Å². The molecular formula is C13H20N4S. The molecule has 0 aromatic carbocycles. The summed E-state index contributed by atoms with van der Waals surface area (Å²) in [6.07, 6.45) is 6.03. The summed E-state index contributed by atoms with van der Waals surface area (Å²) in [5, 5.41) is 11.2. The maximum Gasteiger partial charge on any atom is 0.114 e. The zero-order valence-corrected chi connectivity index (χ0v) is 12.0. The SMILES string of the molecule is CCCNC(c1nccs1)c1cn(C)nc1CC. The zero-order chi connectivity index (χ0) is 13.0. The lowest BCUT2D eigenvalue weighted by Crippen LogP contribution is -2.23. The predicted molar refractivity (Wildman–Crippen MR) is 74.8 cm³/mol. The van der Waals surface area contributed by atoms with Crippen LogP contribution in [-0.2, 0) is 13.5 Å². The van der Waals surface area contributed by atoms with Crippen molar-refractivity contribution < 1.29 is 0 Å². The quantitative estimate of drug-likeness (QED) is 0.872. The van der Waals surface area contributed by atoms with Gasteiger partial charge in [-0.2, -0.15) is 5.10 Å². The van der Waals surface area contributed by atoms with E-state index in [0.29, 0.717) is 0 Å². The van der Waals surface area contributed by atoms with E-state index in [0.717, 1.165) is 30.1 Å². The summed E-state index contributed by atoms with van der Waals surface area (Å²) in [7, 11) is 1.97. The van der Waals surface area contributed by atoms with E-state index >= 15 is 0 Å². The number of aromatic nitrogens is 3. The molecule has 18 heavy (non-hydrogen) atoms. The smallest absolute Gasteiger partial charge is 0.114 e. The molecule has 0 saturated heterocycles. The van der Waals surface area contributed by atoms with E-state index in [1.165, 1.54) is 5.56 Å². The number of rotatable bonds is 6. The Balaban J connectivity index is 2.33. The van der Waals surface area contributed by atoms with Gasteiger partial charge in [0.1, 0.15) is 5.01 Å². The fourth-order valence-corrected chi connectivity index (χ4v) is 2.79. The Labute approximate surface area is 112 Å². The minimum Gasteiger partial charge on any atom is -0.304 e. The van der Waals surface area contributed by atoms with Crippen molar-refractivity contribution in [1.82, 2.24) is 20.1 Å². The molecule has 0 spiro atoms. The van der Waals surface area contributed by atoms with E-state index in [-0.39, 0.29) is 6.04 Å². The molecule has 1 atom stereocenters. The summed E-state index contributed by atoms with van der Waals surface area (Å²) < 4.78 is 1.89. The highest BCUT2D eigenvalue weighted by Crippen LogP contribution is 2.26. The molecule has 0 fully saturated rings. The maximum atomic E-state index is 4.52. The van der Waals surface area contributed by atoms with Gasteiger partial charge >= 0.3 is 0 Å². The third-order valence-electron chi connectivity index (χ3n) is 2.88. The van der Waals surface area contributed by atoms with E-state index < -0.39 is 0 Å². The predicted octanol–water partition coefficient (Wildman–Crippen LogP) is 2.53. The second-order valence-electron chi connectivity index (χ2n) is 4.32. The summed E-state index contributed by atoms with van der Waals surface area (Å²) in [5.74, 6) is 0. The number of nitrogens with one attached hydrogen (secondary N) is 1. The van der Waals surface area contributed by atoms with Crippen LogP contribution in [0.25, 0.3) is 0 Å². The van der Waals surface area contributed by atoms with E-state index in [9.17, 15) is 0 Å². The largest absolute Gasteiger partial charge is 0.304 e. The van der Waals surface area contributed by atoms with Crippen LogP contribution in [0.3, 0.4) is 0 Å². The molecule has 2 aromatic rings. The van der Waals surface area contributed by atoms with Gasteiger partial charge in [-0.3, -0.25) is 4.68 Å². The molecule has 0 amide bonds.